The molecule has 0 bridgehead atoms. The molecule has 2 aromatic heterocycles. The molecule has 0 radical (unpaired) electrons. The number of pyridine rings is 1. The normalized spacial score (nSPS) is 15.6. The fourth-order valence-electron chi connectivity index (χ4n) is 5.36. The molecule has 11 nitrogen and oxygen atoms in total. The number of fused-ring (bicyclic) bond motifs is 1. The van der Waals surface area contributed by atoms with E-state index in [0.29, 0.717) is 66.6 Å². The molecule has 1 aromatic carbocycles. The Morgan fingerprint density at radius 2 is 1.87 bits per heavy atom. The molecule has 1 aliphatic rings. The number of allylic oxidation sites excluding steroid dienone is 1. The Kier molecular flexibility index (Phi) is 11.0. The number of aromatic nitrogens is 3. The summed E-state index contributed by atoms with van der Waals surface area (Å²) in [4.78, 5) is 38.2. The maximum atomic E-state index is 14.1. The minimum absolute atomic E-state index is 0.0659. The molecule has 1 fully saturated rings. The Morgan fingerprint density at radius 3 is 2.47 bits per heavy atom. The molecular weight excluding hydrogens is 617 g/mol. The summed E-state index contributed by atoms with van der Waals surface area (Å²) in [5.41, 5.74) is 0.593. The smallest absolute Gasteiger partial charge is 0.261 e. The van der Waals surface area contributed by atoms with Gasteiger partial charge in [0.1, 0.15) is 28.8 Å². The minimum atomic E-state index is -0.350. The highest BCUT2D eigenvalue weighted by Crippen LogP contribution is 2.45. The zero-order valence-corrected chi connectivity index (χ0v) is 28.0. The number of nitriles is 1. The van der Waals surface area contributed by atoms with Gasteiger partial charge in [0.2, 0.25) is 5.95 Å². The molecule has 1 aliphatic heterocycles. The molecule has 2 N–H and O–H groups in total. The van der Waals surface area contributed by atoms with E-state index in [2.05, 4.69) is 25.5 Å². The van der Waals surface area contributed by atoms with Crippen LogP contribution in [-0.4, -0.2) is 71.8 Å². The Labute approximate surface area is 273 Å². The summed E-state index contributed by atoms with van der Waals surface area (Å²) in [5, 5.41) is 16.6. The van der Waals surface area contributed by atoms with E-state index in [0.717, 1.165) is 13.0 Å². The predicted octanol–water partition coefficient (Wildman–Crippen LogP) is 5.29. The third-order valence-electron chi connectivity index (χ3n) is 7.41. The van der Waals surface area contributed by atoms with Crippen LogP contribution in [0, 0.1) is 16.7 Å². The lowest BCUT2D eigenvalue weighted by molar-refractivity contribution is -0.117. The lowest BCUT2D eigenvalue weighted by atomic mass is 9.93. The number of anilines is 1. The fourth-order valence-corrected chi connectivity index (χ4v) is 6.07. The number of amides is 1. The number of likely N-dealkylation sites (tertiary alicyclic amines) is 1. The molecule has 13 heteroatoms. The molecule has 1 saturated heterocycles. The van der Waals surface area contributed by atoms with Gasteiger partial charge < -0.3 is 25.0 Å². The summed E-state index contributed by atoms with van der Waals surface area (Å²) < 4.78 is 12.5. The first-order valence-electron chi connectivity index (χ1n) is 14.8. The summed E-state index contributed by atoms with van der Waals surface area (Å²) in [6, 6.07) is 5.22. The molecule has 240 valence electrons. The van der Waals surface area contributed by atoms with Crippen molar-refractivity contribution in [2.45, 2.75) is 53.1 Å². The van der Waals surface area contributed by atoms with E-state index < -0.39 is 0 Å². The van der Waals surface area contributed by atoms with Crippen LogP contribution in [0.15, 0.2) is 34.8 Å². The third kappa shape index (κ3) is 7.87. The van der Waals surface area contributed by atoms with E-state index in [1.165, 1.54) is 14.2 Å². The second-order valence-electron chi connectivity index (χ2n) is 12.0. The summed E-state index contributed by atoms with van der Waals surface area (Å²) in [6.45, 7) is 10.9. The number of benzene rings is 1. The fraction of sp³-hybridized carbons (Fsp3) is 0.469. The molecule has 4 rings (SSSR count). The van der Waals surface area contributed by atoms with Crippen molar-refractivity contribution in [1.82, 2.24) is 24.8 Å². The van der Waals surface area contributed by atoms with Crippen LogP contribution in [0.3, 0.4) is 0 Å². The molecule has 1 amide bonds. The van der Waals surface area contributed by atoms with E-state index >= 15 is 0 Å². The summed E-state index contributed by atoms with van der Waals surface area (Å²) in [6.07, 6.45) is 4.76. The van der Waals surface area contributed by atoms with Gasteiger partial charge in [0.05, 0.1) is 29.8 Å². The highest BCUT2D eigenvalue weighted by Gasteiger charge is 2.26. The van der Waals surface area contributed by atoms with Crippen molar-refractivity contribution in [3.8, 4) is 28.7 Å². The van der Waals surface area contributed by atoms with Crippen LogP contribution >= 0.6 is 23.2 Å². The number of methoxy groups -OCH3 is 2. The predicted molar refractivity (Wildman–Crippen MR) is 177 cm³/mol. The number of carbonyl (C=O) groups is 1. The molecule has 0 spiro atoms. The van der Waals surface area contributed by atoms with E-state index in [-0.39, 0.29) is 44.1 Å². The lowest BCUT2D eigenvalue weighted by Crippen LogP contribution is -2.38. The van der Waals surface area contributed by atoms with Gasteiger partial charge in [0.15, 0.2) is 0 Å². The van der Waals surface area contributed by atoms with Gasteiger partial charge in [-0.2, -0.15) is 10.2 Å². The SMILES string of the molecule is CCNc1ncc2cc(-c3c(Cl)c(OC)cc(OC)c3Cl)c(=O)n(CCCN3CCC(NC(=O)C(C#N)=CC(C)(C)C)C3)c2n1. The quantitative estimate of drug-likeness (QED) is 0.209. The number of carbonyl (C=O) groups excluding carboxylic acids is 1. The second kappa shape index (κ2) is 14.5. The van der Waals surface area contributed by atoms with Crippen LogP contribution in [0.2, 0.25) is 10.0 Å². The maximum absolute atomic E-state index is 14.1. The highest BCUT2D eigenvalue weighted by molar-refractivity contribution is 6.41. The number of nitrogens with one attached hydrogen (secondary N) is 2. The van der Waals surface area contributed by atoms with Crippen molar-refractivity contribution in [1.29, 1.82) is 5.26 Å². The van der Waals surface area contributed by atoms with Crippen LogP contribution < -0.4 is 25.7 Å². The lowest BCUT2D eigenvalue weighted by Gasteiger charge is -2.19. The van der Waals surface area contributed by atoms with Crippen molar-refractivity contribution in [2.24, 2.45) is 5.41 Å². The van der Waals surface area contributed by atoms with Gasteiger partial charge in [0, 0.05) is 55.4 Å². The molecule has 3 aromatic rings. The van der Waals surface area contributed by atoms with Crippen LogP contribution in [0.1, 0.15) is 40.5 Å². The summed E-state index contributed by atoms with van der Waals surface area (Å²) in [5.74, 6) is 0.713. The van der Waals surface area contributed by atoms with Gasteiger partial charge >= 0.3 is 0 Å². The van der Waals surface area contributed by atoms with E-state index in [4.69, 9.17) is 32.7 Å². The van der Waals surface area contributed by atoms with Crippen molar-refractivity contribution >= 4 is 46.1 Å². The molecule has 1 unspecified atom stereocenters. The molecule has 3 heterocycles. The molecular formula is C32H39Cl2N7O4. The van der Waals surface area contributed by atoms with Crippen LogP contribution in [0.4, 0.5) is 5.95 Å². The standard InChI is InChI=1S/C32H39Cl2N7O4/c1-7-36-31-37-17-19-13-22(25-26(33)23(44-5)14-24(45-6)27(25)34)30(43)41(28(19)39-31)11-8-10-40-12-9-21(18-40)38-29(42)20(16-35)15-32(2,3)4/h13-15,17,21H,7-12,18H2,1-6H3,(H,38,42)(H,36,37,39). The number of aryl methyl sites for hydroxylation is 1. The summed E-state index contributed by atoms with van der Waals surface area (Å²) >= 11 is 13.4. The van der Waals surface area contributed by atoms with E-state index in [1.54, 1.807) is 29.0 Å². The zero-order valence-electron chi connectivity index (χ0n) is 26.5. The maximum Gasteiger partial charge on any atom is 0.261 e. The Bertz CT molecular complexity index is 1680. The number of rotatable bonds is 11. The number of halogens is 2. The molecule has 1 atom stereocenters. The monoisotopic (exact) mass is 655 g/mol. The summed E-state index contributed by atoms with van der Waals surface area (Å²) in [7, 11) is 2.96. The van der Waals surface area contributed by atoms with Gasteiger partial charge in [0.25, 0.3) is 11.5 Å². The number of nitrogens with zero attached hydrogens (tertiary/aromatic N) is 5. The van der Waals surface area contributed by atoms with Gasteiger partial charge in [-0.05, 0) is 37.8 Å². The topological polar surface area (TPSA) is 134 Å². The van der Waals surface area contributed by atoms with Crippen LogP contribution in [0.5, 0.6) is 11.5 Å². The number of hydrogen-bond donors (Lipinski definition) is 2. The largest absolute Gasteiger partial charge is 0.495 e. The first kappa shape index (κ1) is 34.0. The molecule has 0 aliphatic carbocycles. The van der Waals surface area contributed by atoms with E-state index in [1.807, 2.05) is 33.8 Å². The van der Waals surface area contributed by atoms with Gasteiger partial charge in [-0.3, -0.25) is 14.2 Å². The third-order valence-corrected chi connectivity index (χ3v) is 8.16. The molecule has 45 heavy (non-hydrogen) atoms. The van der Waals surface area contributed by atoms with Crippen molar-refractivity contribution in [3.05, 3.63) is 50.4 Å². The van der Waals surface area contributed by atoms with Crippen LogP contribution in [-0.2, 0) is 11.3 Å². The van der Waals surface area contributed by atoms with Crippen molar-refractivity contribution < 1.29 is 14.3 Å². The average Bonchev–Trinajstić information content (AvgIpc) is 3.44. The van der Waals surface area contributed by atoms with Crippen molar-refractivity contribution in [3.63, 3.8) is 0 Å². The van der Waals surface area contributed by atoms with Crippen molar-refractivity contribution in [2.75, 3.05) is 45.7 Å². The Balaban J connectivity index is 1.60. The highest BCUT2D eigenvalue weighted by atomic mass is 35.5. The van der Waals surface area contributed by atoms with Gasteiger partial charge in [-0.15, -0.1) is 0 Å². The van der Waals surface area contributed by atoms with Gasteiger partial charge in [-0.25, -0.2) is 4.98 Å². The zero-order chi connectivity index (χ0) is 32.9. The first-order chi connectivity index (χ1) is 21.4. The minimum Gasteiger partial charge on any atom is -0.495 e. The number of ether oxygens (including phenoxy) is 2. The first-order valence-corrected chi connectivity index (χ1v) is 15.6. The Morgan fingerprint density at radius 1 is 1.18 bits per heavy atom. The van der Waals surface area contributed by atoms with Crippen LogP contribution in [0.25, 0.3) is 22.2 Å². The second-order valence-corrected chi connectivity index (χ2v) is 12.7. The Hall–Kier alpha value is -3.85. The average molecular weight is 657 g/mol. The van der Waals surface area contributed by atoms with Gasteiger partial charge in [-0.1, -0.05) is 50.0 Å². The number of hydrogen-bond acceptors (Lipinski definition) is 9. The van der Waals surface area contributed by atoms with E-state index in [9.17, 15) is 14.9 Å². The molecule has 0 saturated carbocycles.